The summed E-state index contributed by atoms with van der Waals surface area (Å²) in [6.07, 6.45) is -3.70. The van der Waals surface area contributed by atoms with Crippen molar-refractivity contribution in [2.75, 3.05) is 20.3 Å². The number of nitrogens with zero attached hydrogens (tertiary/aromatic N) is 2. The summed E-state index contributed by atoms with van der Waals surface area (Å²) in [6.45, 7) is -0.731. The number of allylic oxidation sites excluding steroid dienone is 4. The minimum atomic E-state index is -4.57. The molecule has 1 aliphatic carbocycles. The van der Waals surface area contributed by atoms with E-state index in [0.29, 0.717) is 11.1 Å². The molecule has 0 bridgehead atoms. The largest absolute Gasteiger partial charge is 0.416 e. The minimum absolute atomic E-state index is 0.000950. The van der Waals surface area contributed by atoms with Crippen molar-refractivity contribution < 1.29 is 32.9 Å². The Balaban J connectivity index is 2.23. The summed E-state index contributed by atoms with van der Waals surface area (Å²) in [5.41, 5.74) is 0.406. The first-order valence-electron chi connectivity index (χ1n) is 9.06. The van der Waals surface area contributed by atoms with Gasteiger partial charge in [-0.05, 0) is 34.9 Å². The van der Waals surface area contributed by atoms with Gasteiger partial charge in [-0.15, -0.1) is 0 Å². The molecule has 2 N–H and O–H groups in total. The Bertz CT molecular complexity index is 989. The Hall–Kier alpha value is -2.93. The molecule has 0 fully saturated rings. The number of fused-ring (bicyclic) bond motifs is 1. The Kier molecular flexibility index (Phi) is 6.12. The van der Waals surface area contributed by atoms with Crippen LogP contribution >= 0.6 is 0 Å². The van der Waals surface area contributed by atoms with Gasteiger partial charge >= 0.3 is 6.18 Å². The molecule has 0 saturated carbocycles. The number of hydrogen-bond donors (Lipinski definition) is 2. The van der Waals surface area contributed by atoms with Crippen LogP contribution in [0.4, 0.5) is 13.2 Å². The van der Waals surface area contributed by atoms with Gasteiger partial charge in [-0.3, -0.25) is 4.79 Å². The molecule has 1 aromatic carbocycles. The highest BCUT2D eigenvalue weighted by atomic mass is 19.4. The number of rotatable bonds is 5. The Morgan fingerprint density at radius 3 is 2.73 bits per heavy atom. The molecule has 0 spiro atoms. The second-order valence-electron chi connectivity index (χ2n) is 6.94. The van der Waals surface area contributed by atoms with Crippen molar-refractivity contribution in [2.45, 2.75) is 24.8 Å². The summed E-state index contributed by atoms with van der Waals surface area (Å²) in [6, 6.07) is 6.55. The zero-order valence-corrected chi connectivity index (χ0v) is 16.0. The van der Waals surface area contributed by atoms with Crippen molar-refractivity contribution in [3.8, 4) is 6.07 Å². The molecule has 2 unspecified atom stereocenters. The number of Topliss-reactive ketones (excluding diaryl/α,β-unsaturated/α-hetero) is 1. The molecule has 1 aliphatic heterocycles. The number of methoxy groups -OCH3 is 1. The number of carbonyl (C=O) groups excluding carboxylic acids is 1. The first-order valence-corrected chi connectivity index (χ1v) is 9.06. The Morgan fingerprint density at radius 2 is 2.13 bits per heavy atom. The van der Waals surface area contributed by atoms with Gasteiger partial charge in [0.05, 0.1) is 24.8 Å². The smallest absolute Gasteiger partial charge is 0.394 e. The lowest BCUT2D eigenvalue weighted by atomic mass is 9.81. The van der Waals surface area contributed by atoms with Crippen molar-refractivity contribution in [3.05, 3.63) is 64.5 Å². The van der Waals surface area contributed by atoms with Crippen LogP contribution < -0.4 is 0 Å². The lowest BCUT2D eigenvalue weighted by molar-refractivity contribution is -0.137. The van der Waals surface area contributed by atoms with Gasteiger partial charge in [0, 0.05) is 25.3 Å². The molecule has 0 saturated heterocycles. The van der Waals surface area contributed by atoms with Crippen LogP contribution in [-0.2, 0) is 15.7 Å². The summed E-state index contributed by atoms with van der Waals surface area (Å²) < 4.78 is 45.0. The molecule has 2 atom stereocenters. The van der Waals surface area contributed by atoms with E-state index in [0.717, 1.165) is 12.1 Å². The topological polar surface area (TPSA) is 93.8 Å². The van der Waals surface area contributed by atoms with Crippen LogP contribution in [0.2, 0.25) is 0 Å². The number of nitriles is 1. The molecule has 30 heavy (non-hydrogen) atoms. The lowest BCUT2D eigenvalue weighted by Gasteiger charge is -2.34. The molecule has 1 heterocycles. The maximum absolute atomic E-state index is 13.3. The van der Waals surface area contributed by atoms with Crippen LogP contribution in [-0.4, -0.2) is 53.4 Å². The van der Waals surface area contributed by atoms with Crippen molar-refractivity contribution >= 4 is 11.4 Å². The molecule has 158 valence electrons. The van der Waals surface area contributed by atoms with E-state index in [-0.39, 0.29) is 35.6 Å². The monoisotopic (exact) mass is 420 g/mol. The molecule has 2 aliphatic rings. The SMILES string of the molecule is COC1C=C2C(=CN(CC(O)CO)C(C#N)=C2c2cccc(C(F)(F)F)c2)CC1=O. The van der Waals surface area contributed by atoms with E-state index in [4.69, 9.17) is 4.74 Å². The van der Waals surface area contributed by atoms with Gasteiger partial charge in [0.15, 0.2) is 5.78 Å². The van der Waals surface area contributed by atoms with Gasteiger partial charge in [0.1, 0.15) is 17.9 Å². The van der Waals surface area contributed by atoms with E-state index < -0.39 is 30.6 Å². The fourth-order valence-corrected chi connectivity index (χ4v) is 3.51. The minimum Gasteiger partial charge on any atom is -0.394 e. The van der Waals surface area contributed by atoms with Crippen LogP contribution in [0.25, 0.3) is 5.57 Å². The number of ether oxygens (including phenoxy) is 1. The second kappa shape index (κ2) is 8.44. The van der Waals surface area contributed by atoms with Gasteiger partial charge in [-0.25, -0.2) is 0 Å². The van der Waals surface area contributed by atoms with E-state index in [1.807, 2.05) is 6.07 Å². The fourth-order valence-electron chi connectivity index (χ4n) is 3.51. The first kappa shape index (κ1) is 21.8. The molecule has 3 rings (SSSR count). The molecule has 6 nitrogen and oxygen atoms in total. The third-order valence-electron chi connectivity index (χ3n) is 4.91. The van der Waals surface area contributed by atoms with Crippen LogP contribution in [0.15, 0.2) is 53.4 Å². The molecule has 9 heteroatoms. The number of hydrogen-bond acceptors (Lipinski definition) is 6. The van der Waals surface area contributed by atoms with Gasteiger partial charge in [0.25, 0.3) is 0 Å². The van der Waals surface area contributed by atoms with Crippen molar-refractivity contribution in [2.24, 2.45) is 0 Å². The van der Waals surface area contributed by atoms with Gasteiger partial charge in [0.2, 0.25) is 0 Å². The lowest BCUT2D eigenvalue weighted by Crippen LogP contribution is -2.35. The maximum atomic E-state index is 13.3. The quantitative estimate of drug-likeness (QED) is 0.760. The number of alkyl halides is 3. The van der Waals surface area contributed by atoms with Gasteiger partial charge in [-0.2, -0.15) is 18.4 Å². The van der Waals surface area contributed by atoms with Crippen molar-refractivity contribution in [3.63, 3.8) is 0 Å². The molecule has 0 aromatic heterocycles. The number of aliphatic hydroxyl groups excluding tert-OH is 2. The number of benzene rings is 1. The van der Waals surface area contributed by atoms with E-state index in [1.54, 1.807) is 0 Å². The summed E-state index contributed by atoms with van der Waals surface area (Å²) in [7, 11) is 1.35. The van der Waals surface area contributed by atoms with Gasteiger partial charge in [-0.1, -0.05) is 12.1 Å². The Labute approximate surface area is 170 Å². The van der Waals surface area contributed by atoms with Crippen molar-refractivity contribution in [1.29, 1.82) is 5.26 Å². The van der Waals surface area contributed by atoms with Crippen LogP contribution in [0, 0.1) is 11.3 Å². The third kappa shape index (κ3) is 4.16. The number of halogens is 3. The number of ketones is 1. The first-order chi connectivity index (χ1) is 14.2. The van der Waals surface area contributed by atoms with Crippen LogP contribution in [0.5, 0.6) is 0 Å². The highest BCUT2D eigenvalue weighted by molar-refractivity contribution is 5.98. The standard InChI is InChI=1S/C21H19F3N2O4/c1-30-19-7-16-13(6-18(19)29)9-26(10-15(28)11-27)17(8-25)20(16)12-3-2-4-14(5-12)21(22,23)24/h2-5,7,9,15,19,27-28H,6,10-11H2,1H3. The molecule has 0 radical (unpaired) electrons. The summed E-state index contributed by atoms with van der Waals surface area (Å²) in [5.74, 6) is -0.237. The fraction of sp³-hybridized carbons (Fsp3) is 0.333. The summed E-state index contributed by atoms with van der Waals surface area (Å²) in [5, 5.41) is 28.8. The number of carbonyl (C=O) groups is 1. The zero-order chi connectivity index (χ0) is 22.1. The number of β-amino-alcohol motifs (C(OH)–C–C–N with tert-alkyl or cyclic N) is 1. The predicted molar refractivity (Wildman–Crippen MR) is 100 cm³/mol. The molecular weight excluding hydrogens is 401 g/mol. The van der Waals surface area contributed by atoms with E-state index in [9.17, 15) is 33.4 Å². The van der Waals surface area contributed by atoms with Crippen LogP contribution in [0.1, 0.15) is 17.5 Å². The predicted octanol–water partition coefficient (Wildman–Crippen LogP) is 2.41. The summed E-state index contributed by atoms with van der Waals surface area (Å²) in [4.78, 5) is 13.6. The molecule has 0 amide bonds. The van der Waals surface area contributed by atoms with E-state index in [2.05, 4.69) is 0 Å². The summed E-state index contributed by atoms with van der Waals surface area (Å²) >= 11 is 0. The maximum Gasteiger partial charge on any atom is 0.416 e. The van der Waals surface area contributed by atoms with Crippen molar-refractivity contribution in [1.82, 2.24) is 4.90 Å². The zero-order valence-electron chi connectivity index (χ0n) is 16.0. The number of aliphatic hydroxyl groups is 2. The second-order valence-corrected chi connectivity index (χ2v) is 6.94. The highest BCUT2D eigenvalue weighted by Crippen LogP contribution is 2.42. The normalized spacial score (nSPS) is 20.4. The van der Waals surface area contributed by atoms with E-state index >= 15 is 0 Å². The average Bonchev–Trinajstić information content (AvgIpc) is 2.71. The molecule has 1 aromatic rings. The third-order valence-corrected chi connectivity index (χ3v) is 4.91. The molecular formula is C21H19F3N2O4. The van der Waals surface area contributed by atoms with Gasteiger partial charge < -0.3 is 19.8 Å². The highest BCUT2D eigenvalue weighted by Gasteiger charge is 2.35. The van der Waals surface area contributed by atoms with E-state index in [1.165, 1.54) is 36.4 Å². The Morgan fingerprint density at radius 1 is 1.40 bits per heavy atom. The average molecular weight is 420 g/mol. The van der Waals surface area contributed by atoms with Crippen LogP contribution in [0.3, 0.4) is 0 Å².